The van der Waals surface area contributed by atoms with Gasteiger partial charge in [0, 0.05) is 20.3 Å². The van der Waals surface area contributed by atoms with Crippen LogP contribution in [0.3, 0.4) is 0 Å². The van der Waals surface area contributed by atoms with Crippen LogP contribution < -0.4 is 0 Å². The van der Waals surface area contributed by atoms with Crippen molar-refractivity contribution >= 4 is 5.97 Å². The first kappa shape index (κ1) is 15.6. The lowest BCUT2D eigenvalue weighted by Gasteiger charge is -2.06. The lowest BCUT2D eigenvalue weighted by atomic mass is 10.2. The van der Waals surface area contributed by atoms with E-state index in [1.807, 2.05) is 6.92 Å². The van der Waals surface area contributed by atoms with Gasteiger partial charge in [-0.3, -0.25) is 0 Å². The molecule has 0 saturated heterocycles. The smallest absolute Gasteiger partial charge is 0.358 e. The minimum atomic E-state index is -1.02. The van der Waals surface area contributed by atoms with Crippen molar-refractivity contribution in [3.05, 3.63) is 11.4 Å². The van der Waals surface area contributed by atoms with Gasteiger partial charge in [-0.25, -0.2) is 9.48 Å². The quantitative estimate of drug-likeness (QED) is 0.638. The van der Waals surface area contributed by atoms with Gasteiger partial charge in [0.2, 0.25) is 0 Å². The van der Waals surface area contributed by atoms with Crippen molar-refractivity contribution in [1.29, 1.82) is 0 Å². The highest BCUT2D eigenvalue weighted by molar-refractivity contribution is 5.86. The number of hydrogen-bond acceptors (Lipinski definition) is 5. The first-order chi connectivity index (χ1) is 9.20. The van der Waals surface area contributed by atoms with Crippen LogP contribution in [0.1, 0.15) is 35.9 Å². The molecule has 0 aliphatic heterocycles. The van der Waals surface area contributed by atoms with Gasteiger partial charge in [-0.2, -0.15) is 0 Å². The van der Waals surface area contributed by atoms with Gasteiger partial charge in [0.25, 0.3) is 0 Å². The summed E-state index contributed by atoms with van der Waals surface area (Å²) in [5.74, 6) is -1.02. The normalized spacial score (nSPS) is 10.8. The minimum Gasteiger partial charge on any atom is -0.476 e. The Morgan fingerprint density at radius 3 is 2.79 bits per heavy atom. The number of methoxy groups -OCH3 is 1. The fraction of sp³-hybridized carbons (Fsp3) is 0.750. The summed E-state index contributed by atoms with van der Waals surface area (Å²) in [6.07, 6.45) is 2.29. The van der Waals surface area contributed by atoms with Gasteiger partial charge in [-0.15, -0.1) is 5.10 Å². The molecule has 1 aromatic rings. The standard InChI is InChI=1S/C12H21N3O4/c1-3-5-10-11(12(16)17)13-14-15(10)6-4-7-19-9-8-18-2/h3-9H2,1-2H3,(H,16,17). The average molecular weight is 271 g/mol. The highest BCUT2D eigenvalue weighted by Crippen LogP contribution is 2.09. The summed E-state index contributed by atoms with van der Waals surface area (Å²) >= 11 is 0. The molecule has 1 N–H and O–H groups in total. The van der Waals surface area contributed by atoms with Crippen molar-refractivity contribution in [2.75, 3.05) is 26.9 Å². The predicted molar refractivity (Wildman–Crippen MR) is 68.3 cm³/mol. The molecule has 0 saturated carbocycles. The summed E-state index contributed by atoms with van der Waals surface area (Å²) in [6, 6.07) is 0. The molecule has 1 rings (SSSR count). The lowest BCUT2D eigenvalue weighted by Crippen LogP contribution is -2.11. The lowest BCUT2D eigenvalue weighted by molar-refractivity contribution is 0.0675. The van der Waals surface area contributed by atoms with Crippen LogP contribution >= 0.6 is 0 Å². The van der Waals surface area contributed by atoms with Crippen LogP contribution in [-0.4, -0.2) is 53.0 Å². The number of ether oxygens (including phenoxy) is 2. The Morgan fingerprint density at radius 1 is 1.37 bits per heavy atom. The zero-order valence-corrected chi connectivity index (χ0v) is 11.5. The van der Waals surface area contributed by atoms with Gasteiger partial charge in [0.05, 0.1) is 18.9 Å². The molecule has 0 unspecified atom stereocenters. The summed E-state index contributed by atoms with van der Waals surface area (Å²) in [5.41, 5.74) is 0.744. The molecule has 0 fully saturated rings. The van der Waals surface area contributed by atoms with Crippen LogP contribution in [0.5, 0.6) is 0 Å². The minimum absolute atomic E-state index is 0.0575. The van der Waals surface area contributed by atoms with E-state index in [1.54, 1.807) is 11.8 Å². The maximum atomic E-state index is 11.0. The molecular weight excluding hydrogens is 250 g/mol. The second-order valence-corrected chi connectivity index (χ2v) is 4.12. The number of rotatable bonds is 10. The molecule has 1 aromatic heterocycles. The first-order valence-corrected chi connectivity index (χ1v) is 6.43. The van der Waals surface area contributed by atoms with Crippen LogP contribution in [0.15, 0.2) is 0 Å². The second-order valence-electron chi connectivity index (χ2n) is 4.12. The van der Waals surface area contributed by atoms with E-state index in [2.05, 4.69) is 10.3 Å². The zero-order chi connectivity index (χ0) is 14.1. The fourth-order valence-electron chi connectivity index (χ4n) is 1.72. The Hall–Kier alpha value is -1.47. The predicted octanol–water partition coefficient (Wildman–Crippen LogP) is 0.982. The number of carboxylic acid groups (broad SMARTS) is 1. The maximum absolute atomic E-state index is 11.0. The first-order valence-electron chi connectivity index (χ1n) is 6.43. The van der Waals surface area contributed by atoms with Crippen molar-refractivity contribution in [1.82, 2.24) is 15.0 Å². The van der Waals surface area contributed by atoms with E-state index in [0.717, 1.165) is 12.8 Å². The maximum Gasteiger partial charge on any atom is 0.358 e. The number of nitrogens with zero attached hydrogens (tertiary/aromatic N) is 3. The second kappa shape index (κ2) is 8.60. The van der Waals surface area contributed by atoms with Gasteiger partial charge in [0.15, 0.2) is 5.69 Å². The summed E-state index contributed by atoms with van der Waals surface area (Å²) in [5, 5.41) is 16.6. The summed E-state index contributed by atoms with van der Waals surface area (Å²) in [4.78, 5) is 11.0. The highest BCUT2D eigenvalue weighted by atomic mass is 16.5. The van der Waals surface area contributed by atoms with E-state index in [0.29, 0.717) is 38.5 Å². The Balaban J connectivity index is 2.46. The number of carbonyl (C=O) groups is 1. The largest absolute Gasteiger partial charge is 0.476 e. The molecular formula is C12H21N3O4. The molecule has 0 bridgehead atoms. The topological polar surface area (TPSA) is 86.5 Å². The SMILES string of the molecule is CCCc1c(C(=O)O)nnn1CCCOCCOC. The van der Waals surface area contributed by atoms with E-state index < -0.39 is 5.97 Å². The molecule has 0 radical (unpaired) electrons. The van der Waals surface area contributed by atoms with Crippen molar-refractivity contribution < 1.29 is 19.4 Å². The zero-order valence-electron chi connectivity index (χ0n) is 11.5. The number of aromatic nitrogens is 3. The van der Waals surface area contributed by atoms with Gasteiger partial charge in [-0.1, -0.05) is 18.6 Å². The molecule has 7 heteroatoms. The van der Waals surface area contributed by atoms with Gasteiger partial charge < -0.3 is 14.6 Å². The molecule has 19 heavy (non-hydrogen) atoms. The third-order valence-corrected chi connectivity index (χ3v) is 2.62. The third-order valence-electron chi connectivity index (χ3n) is 2.62. The van der Waals surface area contributed by atoms with Crippen molar-refractivity contribution in [2.45, 2.75) is 32.7 Å². The summed E-state index contributed by atoms with van der Waals surface area (Å²) in [7, 11) is 1.63. The van der Waals surface area contributed by atoms with Crippen LogP contribution in [0.2, 0.25) is 0 Å². The Bertz CT molecular complexity index is 392. The number of hydrogen-bond donors (Lipinski definition) is 1. The summed E-state index contributed by atoms with van der Waals surface area (Å²) in [6.45, 7) is 4.35. The molecule has 0 spiro atoms. The van der Waals surface area contributed by atoms with Gasteiger partial charge in [-0.05, 0) is 12.8 Å². The molecule has 0 aliphatic carbocycles. The fourth-order valence-corrected chi connectivity index (χ4v) is 1.72. The van der Waals surface area contributed by atoms with Crippen LogP contribution in [0, 0.1) is 0 Å². The molecule has 0 aromatic carbocycles. The number of aromatic carboxylic acids is 1. The van der Waals surface area contributed by atoms with E-state index >= 15 is 0 Å². The average Bonchev–Trinajstić information content (AvgIpc) is 2.77. The van der Waals surface area contributed by atoms with Gasteiger partial charge >= 0.3 is 5.97 Å². The van der Waals surface area contributed by atoms with Crippen LogP contribution in [0.25, 0.3) is 0 Å². The summed E-state index contributed by atoms with van der Waals surface area (Å²) < 4.78 is 11.9. The van der Waals surface area contributed by atoms with E-state index in [9.17, 15) is 4.79 Å². The van der Waals surface area contributed by atoms with Crippen LogP contribution in [0.4, 0.5) is 0 Å². The van der Waals surface area contributed by atoms with Crippen molar-refractivity contribution in [3.8, 4) is 0 Å². The Labute approximate surface area is 112 Å². The van der Waals surface area contributed by atoms with E-state index in [1.165, 1.54) is 0 Å². The van der Waals surface area contributed by atoms with Crippen LogP contribution in [-0.2, 0) is 22.4 Å². The van der Waals surface area contributed by atoms with E-state index in [-0.39, 0.29) is 5.69 Å². The number of aryl methyl sites for hydroxylation is 1. The third kappa shape index (κ3) is 4.96. The van der Waals surface area contributed by atoms with E-state index in [4.69, 9.17) is 14.6 Å². The van der Waals surface area contributed by atoms with Gasteiger partial charge in [0.1, 0.15) is 0 Å². The molecule has 7 nitrogen and oxygen atoms in total. The Morgan fingerprint density at radius 2 is 2.16 bits per heavy atom. The molecule has 0 aliphatic rings. The molecule has 0 amide bonds. The Kier molecular flexibility index (Phi) is 7.06. The molecule has 1 heterocycles. The highest BCUT2D eigenvalue weighted by Gasteiger charge is 2.17. The molecule has 0 atom stereocenters. The van der Waals surface area contributed by atoms with Crippen molar-refractivity contribution in [2.24, 2.45) is 0 Å². The number of carboxylic acids is 1. The molecule has 108 valence electrons. The monoisotopic (exact) mass is 271 g/mol. The van der Waals surface area contributed by atoms with Crippen molar-refractivity contribution in [3.63, 3.8) is 0 Å².